The molecular formula is C15H15Cl2FN4. The molecule has 3 heterocycles. The van der Waals surface area contributed by atoms with Crippen LogP contribution in [-0.2, 0) is 0 Å². The van der Waals surface area contributed by atoms with Crippen molar-refractivity contribution >= 4 is 39.9 Å². The van der Waals surface area contributed by atoms with E-state index in [0.29, 0.717) is 22.5 Å². The largest absolute Gasteiger partial charge is 0.355 e. The monoisotopic (exact) mass is 340 g/mol. The van der Waals surface area contributed by atoms with Gasteiger partial charge < -0.3 is 4.90 Å². The molecule has 116 valence electrons. The number of aromatic nitrogens is 3. The SMILES string of the molecule is C[C@@]12CC[C@H](CN(c3nc(Cl)nc4c(F)c(Cl)ncc34)C1)C2. The predicted molar refractivity (Wildman–Crippen MR) is 85.0 cm³/mol. The summed E-state index contributed by atoms with van der Waals surface area (Å²) in [6, 6.07) is 0. The summed E-state index contributed by atoms with van der Waals surface area (Å²) < 4.78 is 14.2. The zero-order valence-electron chi connectivity index (χ0n) is 12.1. The minimum absolute atomic E-state index is 0.0340. The fourth-order valence-corrected chi connectivity index (χ4v) is 4.29. The second-order valence-corrected chi connectivity index (χ2v) is 7.44. The van der Waals surface area contributed by atoms with E-state index in [-0.39, 0.29) is 16.0 Å². The lowest BCUT2D eigenvalue weighted by Gasteiger charge is -2.39. The van der Waals surface area contributed by atoms with Crippen molar-refractivity contribution in [3.8, 4) is 0 Å². The van der Waals surface area contributed by atoms with E-state index < -0.39 is 5.82 Å². The molecule has 0 aromatic carbocycles. The molecule has 1 saturated heterocycles. The molecule has 7 heteroatoms. The third-order valence-electron chi connectivity index (χ3n) is 4.88. The number of pyridine rings is 1. The molecule has 2 aromatic heterocycles. The quantitative estimate of drug-likeness (QED) is 0.579. The van der Waals surface area contributed by atoms with Gasteiger partial charge in [-0.05, 0) is 42.2 Å². The first-order valence-electron chi connectivity index (χ1n) is 7.37. The van der Waals surface area contributed by atoms with Gasteiger partial charge in [0.1, 0.15) is 11.3 Å². The first-order valence-corrected chi connectivity index (χ1v) is 8.13. The van der Waals surface area contributed by atoms with E-state index in [1.54, 1.807) is 0 Å². The summed E-state index contributed by atoms with van der Waals surface area (Å²) in [6.45, 7) is 4.12. The number of hydrogen-bond acceptors (Lipinski definition) is 4. The van der Waals surface area contributed by atoms with Crippen molar-refractivity contribution in [1.82, 2.24) is 15.0 Å². The van der Waals surface area contributed by atoms with Gasteiger partial charge in [0.15, 0.2) is 11.0 Å². The summed E-state index contributed by atoms with van der Waals surface area (Å²) >= 11 is 11.8. The van der Waals surface area contributed by atoms with E-state index in [0.717, 1.165) is 13.1 Å². The zero-order valence-corrected chi connectivity index (χ0v) is 13.6. The molecule has 0 spiro atoms. The smallest absolute Gasteiger partial charge is 0.225 e. The van der Waals surface area contributed by atoms with E-state index in [9.17, 15) is 4.39 Å². The van der Waals surface area contributed by atoms with Crippen molar-refractivity contribution in [3.63, 3.8) is 0 Å². The molecule has 4 nitrogen and oxygen atoms in total. The summed E-state index contributed by atoms with van der Waals surface area (Å²) in [6.07, 6.45) is 5.25. The van der Waals surface area contributed by atoms with Crippen molar-refractivity contribution < 1.29 is 4.39 Å². The molecule has 0 amide bonds. The lowest BCUT2D eigenvalue weighted by atomic mass is 9.84. The number of halogens is 3. The van der Waals surface area contributed by atoms with Gasteiger partial charge in [0.25, 0.3) is 0 Å². The van der Waals surface area contributed by atoms with Crippen LogP contribution in [0.1, 0.15) is 26.2 Å². The van der Waals surface area contributed by atoms with Crippen molar-refractivity contribution in [1.29, 1.82) is 0 Å². The molecule has 22 heavy (non-hydrogen) atoms. The van der Waals surface area contributed by atoms with Gasteiger partial charge in [0.2, 0.25) is 5.28 Å². The normalized spacial score (nSPS) is 27.6. The Labute approximate surface area is 137 Å². The average Bonchev–Trinajstić information content (AvgIpc) is 2.75. The molecule has 2 aliphatic rings. The molecule has 2 aromatic rings. The third kappa shape index (κ3) is 2.22. The van der Waals surface area contributed by atoms with E-state index >= 15 is 0 Å². The van der Waals surface area contributed by atoms with Crippen molar-refractivity contribution in [3.05, 3.63) is 22.5 Å². The lowest BCUT2D eigenvalue weighted by Crippen LogP contribution is -2.42. The first kappa shape index (κ1) is 14.4. The van der Waals surface area contributed by atoms with Crippen LogP contribution < -0.4 is 4.90 Å². The molecular weight excluding hydrogens is 326 g/mol. The van der Waals surface area contributed by atoms with Crippen LogP contribution in [0.15, 0.2) is 6.20 Å². The van der Waals surface area contributed by atoms with Gasteiger partial charge in [-0.2, -0.15) is 4.98 Å². The fraction of sp³-hybridized carbons (Fsp3) is 0.533. The van der Waals surface area contributed by atoms with E-state index in [2.05, 4.69) is 26.8 Å². The number of piperidine rings is 1. The van der Waals surface area contributed by atoms with Crippen LogP contribution >= 0.6 is 23.2 Å². The molecule has 4 rings (SSSR count). The Bertz CT molecular complexity index is 769. The molecule has 1 saturated carbocycles. The number of anilines is 1. The highest BCUT2D eigenvalue weighted by Gasteiger charge is 2.42. The average molecular weight is 341 g/mol. The minimum Gasteiger partial charge on any atom is -0.355 e. The Hall–Kier alpha value is -1.20. The summed E-state index contributed by atoms with van der Waals surface area (Å²) in [5.74, 6) is 0.680. The first-order chi connectivity index (χ1) is 10.5. The highest BCUT2D eigenvalue weighted by atomic mass is 35.5. The summed E-state index contributed by atoms with van der Waals surface area (Å²) in [7, 11) is 0. The molecule has 1 aliphatic carbocycles. The van der Waals surface area contributed by atoms with Gasteiger partial charge in [-0.3, -0.25) is 0 Å². The Morgan fingerprint density at radius 1 is 1.36 bits per heavy atom. The highest BCUT2D eigenvalue weighted by Crippen LogP contribution is 2.47. The van der Waals surface area contributed by atoms with Crippen molar-refractivity contribution in [2.24, 2.45) is 11.3 Å². The number of hydrogen-bond donors (Lipinski definition) is 0. The summed E-state index contributed by atoms with van der Waals surface area (Å²) in [4.78, 5) is 14.4. The molecule has 1 aliphatic heterocycles. The van der Waals surface area contributed by atoms with Crippen molar-refractivity contribution in [2.45, 2.75) is 26.2 Å². The van der Waals surface area contributed by atoms with Gasteiger partial charge >= 0.3 is 0 Å². The van der Waals surface area contributed by atoms with Crippen LogP contribution in [0.2, 0.25) is 10.4 Å². The number of fused-ring (bicyclic) bond motifs is 3. The van der Waals surface area contributed by atoms with Crippen LogP contribution in [-0.4, -0.2) is 28.0 Å². The van der Waals surface area contributed by atoms with Gasteiger partial charge in [-0.25, -0.2) is 14.4 Å². The minimum atomic E-state index is -0.643. The predicted octanol–water partition coefficient (Wildman–Crippen LogP) is 4.10. The Balaban J connectivity index is 1.87. The fourth-order valence-electron chi connectivity index (χ4n) is 3.99. The molecule has 0 unspecified atom stereocenters. The van der Waals surface area contributed by atoms with E-state index in [1.807, 2.05) is 0 Å². The second-order valence-electron chi connectivity index (χ2n) is 6.74. The summed E-state index contributed by atoms with van der Waals surface area (Å²) in [5.41, 5.74) is 0.434. The zero-order chi connectivity index (χ0) is 15.5. The van der Waals surface area contributed by atoms with Crippen LogP contribution in [0, 0.1) is 17.2 Å². The van der Waals surface area contributed by atoms with Gasteiger partial charge in [-0.1, -0.05) is 18.5 Å². The standard InChI is InChI=1S/C15H15Cl2FN4/c1-15-3-2-8(4-15)6-22(7-15)13-9-5-19-12(16)10(18)11(9)20-14(17)21-13/h5,8H,2-4,6-7H2,1H3/t8-,15-/m0/s1. The van der Waals surface area contributed by atoms with Gasteiger partial charge in [0.05, 0.1) is 5.39 Å². The maximum Gasteiger partial charge on any atom is 0.225 e. The molecule has 2 fully saturated rings. The maximum atomic E-state index is 14.2. The maximum absolute atomic E-state index is 14.2. The Morgan fingerprint density at radius 3 is 2.95 bits per heavy atom. The topological polar surface area (TPSA) is 41.9 Å². The second kappa shape index (κ2) is 4.90. The highest BCUT2D eigenvalue weighted by molar-refractivity contribution is 6.30. The Morgan fingerprint density at radius 2 is 2.18 bits per heavy atom. The molecule has 2 atom stereocenters. The van der Waals surface area contributed by atoms with Crippen LogP contribution in [0.3, 0.4) is 0 Å². The van der Waals surface area contributed by atoms with E-state index in [4.69, 9.17) is 23.2 Å². The Kier molecular flexibility index (Phi) is 3.20. The van der Waals surface area contributed by atoms with E-state index in [1.165, 1.54) is 25.5 Å². The molecule has 0 radical (unpaired) electrons. The van der Waals surface area contributed by atoms with Gasteiger partial charge in [0, 0.05) is 19.3 Å². The van der Waals surface area contributed by atoms with Crippen LogP contribution in [0.5, 0.6) is 0 Å². The third-order valence-corrected chi connectivity index (χ3v) is 5.32. The number of rotatable bonds is 1. The molecule has 0 N–H and O–H groups in total. The van der Waals surface area contributed by atoms with Crippen molar-refractivity contribution in [2.75, 3.05) is 18.0 Å². The summed E-state index contributed by atoms with van der Waals surface area (Å²) in [5, 5.41) is 0.404. The van der Waals surface area contributed by atoms with Gasteiger partial charge in [-0.15, -0.1) is 0 Å². The molecule has 2 bridgehead atoms. The van der Waals surface area contributed by atoms with Crippen LogP contribution in [0.25, 0.3) is 10.9 Å². The number of nitrogens with zero attached hydrogens (tertiary/aromatic N) is 4. The van der Waals surface area contributed by atoms with Crippen LogP contribution in [0.4, 0.5) is 10.2 Å². The lowest BCUT2D eigenvalue weighted by molar-refractivity contribution is 0.286.